The fourth-order valence-corrected chi connectivity index (χ4v) is 2.02. The van der Waals surface area contributed by atoms with E-state index in [9.17, 15) is 23.2 Å². The van der Waals surface area contributed by atoms with Gasteiger partial charge in [0.05, 0.1) is 18.8 Å². The molecule has 2 rings (SSSR count). The minimum absolute atomic E-state index is 0.0387. The molecule has 0 bridgehead atoms. The van der Waals surface area contributed by atoms with Crippen LogP contribution in [0.1, 0.15) is 17.3 Å². The van der Waals surface area contributed by atoms with Crippen molar-refractivity contribution in [1.82, 2.24) is 9.13 Å². The van der Waals surface area contributed by atoms with Crippen LogP contribution in [0.15, 0.2) is 40.1 Å². The van der Waals surface area contributed by atoms with Gasteiger partial charge < -0.3 is 4.74 Å². The van der Waals surface area contributed by atoms with Gasteiger partial charge in [0.2, 0.25) is 0 Å². The molecule has 0 aliphatic heterocycles. The smallest absolute Gasteiger partial charge is 0.345 e. The highest BCUT2D eigenvalue weighted by atomic mass is 19.1. The number of alkyl halides is 1. The summed E-state index contributed by atoms with van der Waals surface area (Å²) in [5.41, 5.74) is -2.06. The molecule has 0 saturated heterocycles. The van der Waals surface area contributed by atoms with E-state index in [1.807, 2.05) is 0 Å². The van der Waals surface area contributed by atoms with E-state index >= 15 is 0 Å². The highest BCUT2D eigenvalue weighted by molar-refractivity contribution is 5.88. The number of carbonyl (C=O) groups excluding carboxylic acids is 1. The Kier molecular flexibility index (Phi) is 5.05. The van der Waals surface area contributed by atoms with Gasteiger partial charge in [0, 0.05) is 6.20 Å². The quantitative estimate of drug-likeness (QED) is 0.777. The van der Waals surface area contributed by atoms with Crippen LogP contribution < -0.4 is 11.2 Å². The summed E-state index contributed by atoms with van der Waals surface area (Å²) in [6.07, 6.45) is 0.974. The molecule has 6 nitrogen and oxygen atoms in total. The van der Waals surface area contributed by atoms with Crippen LogP contribution >= 0.6 is 0 Å². The zero-order valence-corrected chi connectivity index (χ0v) is 12.3. The SMILES string of the molecule is CCOC(=O)c1cn(CCF)c(=O)n(-c2ccc(F)cc2)c1=O. The molecule has 0 spiro atoms. The number of nitrogens with zero attached hydrogens (tertiary/aromatic N) is 2. The van der Waals surface area contributed by atoms with E-state index in [4.69, 9.17) is 4.74 Å². The summed E-state index contributed by atoms with van der Waals surface area (Å²) in [5.74, 6) is -1.46. The molecule has 0 unspecified atom stereocenters. The summed E-state index contributed by atoms with van der Waals surface area (Å²) in [7, 11) is 0. The van der Waals surface area contributed by atoms with Crippen molar-refractivity contribution >= 4 is 5.97 Å². The molecule has 23 heavy (non-hydrogen) atoms. The first-order valence-corrected chi connectivity index (χ1v) is 6.85. The normalized spacial score (nSPS) is 10.6. The van der Waals surface area contributed by atoms with Crippen molar-refractivity contribution < 1.29 is 18.3 Å². The van der Waals surface area contributed by atoms with E-state index in [-0.39, 0.29) is 18.8 Å². The average molecular weight is 324 g/mol. The third-order valence-electron chi connectivity index (χ3n) is 3.06. The van der Waals surface area contributed by atoms with Gasteiger partial charge in [0.15, 0.2) is 0 Å². The van der Waals surface area contributed by atoms with E-state index in [0.717, 1.165) is 22.9 Å². The lowest BCUT2D eigenvalue weighted by molar-refractivity contribution is 0.0522. The lowest BCUT2D eigenvalue weighted by atomic mass is 10.2. The summed E-state index contributed by atoms with van der Waals surface area (Å²) >= 11 is 0. The van der Waals surface area contributed by atoms with Gasteiger partial charge in [-0.3, -0.25) is 9.36 Å². The van der Waals surface area contributed by atoms with E-state index in [1.165, 1.54) is 12.1 Å². The van der Waals surface area contributed by atoms with Crippen molar-refractivity contribution in [2.24, 2.45) is 0 Å². The minimum Gasteiger partial charge on any atom is -0.462 e. The maximum Gasteiger partial charge on any atom is 0.345 e. The summed E-state index contributed by atoms with van der Waals surface area (Å²) < 4.78 is 32.0. The maximum absolute atomic E-state index is 13.0. The third-order valence-corrected chi connectivity index (χ3v) is 3.06. The molecule has 0 atom stereocenters. The Morgan fingerprint density at radius 2 is 1.87 bits per heavy atom. The Morgan fingerprint density at radius 3 is 2.43 bits per heavy atom. The molecule has 0 radical (unpaired) electrons. The predicted molar refractivity (Wildman–Crippen MR) is 78.2 cm³/mol. The summed E-state index contributed by atoms with van der Waals surface area (Å²) in [6.45, 7) is 0.418. The Hall–Kier alpha value is -2.77. The number of ether oxygens (including phenoxy) is 1. The van der Waals surface area contributed by atoms with E-state index in [1.54, 1.807) is 6.92 Å². The molecular formula is C15H14F2N2O4. The summed E-state index contributed by atoms with van der Waals surface area (Å²) in [5, 5.41) is 0. The topological polar surface area (TPSA) is 70.3 Å². The first-order valence-electron chi connectivity index (χ1n) is 6.85. The van der Waals surface area contributed by atoms with Gasteiger partial charge in [-0.25, -0.2) is 22.9 Å². The molecule has 0 fully saturated rings. The molecule has 0 aliphatic rings. The van der Waals surface area contributed by atoms with Crippen LogP contribution in [0.25, 0.3) is 5.69 Å². The van der Waals surface area contributed by atoms with Crippen molar-refractivity contribution in [2.75, 3.05) is 13.3 Å². The van der Waals surface area contributed by atoms with Gasteiger partial charge in [0.25, 0.3) is 5.56 Å². The van der Waals surface area contributed by atoms with Crippen LogP contribution in [0.2, 0.25) is 0 Å². The van der Waals surface area contributed by atoms with Crippen LogP contribution in [-0.2, 0) is 11.3 Å². The maximum atomic E-state index is 13.0. The Balaban J connectivity index is 2.73. The number of hydrogen-bond donors (Lipinski definition) is 0. The fraction of sp³-hybridized carbons (Fsp3) is 0.267. The molecule has 1 aromatic heterocycles. The summed E-state index contributed by atoms with van der Waals surface area (Å²) in [4.78, 5) is 36.6. The second kappa shape index (κ2) is 6.99. The zero-order chi connectivity index (χ0) is 17.0. The number of esters is 1. The standard InChI is InChI=1S/C15H14F2N2O4/c1-2-23-14(21)12-9-18(8-7-16)15(22)19(13(12)20)11-5-3-10(17)4-6-11/h3-6,9H,2,7-8H2,1H3. The van der Waals surface area contributed by atoms with E-state index in [0.29, 0.717) is 4.57 Å². The van der Waals surface area contributed by atoms with Gasteiger partial charge in [-0.2, -0.15) is 0 Å². The molecular weight excluding hydrogens is 310 g/mol. The Labute approximate surface area is 129 Å². The zero-order valence-electron chi connectivity index (χ0n) is 12.3. The minimum atomic E-state index is -0.916. The average Bonchev–Trinajstić information content (AvgIpc) is 2.52. The number of rotatable bonds is 5. The van der Waals surface area contributed by atoms with Crippen molar-refractivity contribution in [2.45, 2.75) is 13.5 Å². The molecule has 1 aromatic carbocycles. The van der Waals surface area contributed by atoms with Crippen LogP contribution in [-0.4, -0.2) is 28.4 Å². The molecule has 2 aromatic rings. The van der Waals surface area contributed by atoms with Crippen molar-refractivity contribution in [1.29, 1.82) is 0 Å². The lowest BCUT2D eigenvalue weighted by Gasteiger charge is -2.11. The number of aryl methyl sites for hydroxylation is 1. The van der Waals surface area contributed by atoms with Gasteiger partial charge >= 0.3 is 11.7 Å². The molecule has 8 heteroatoms. The molecule has 0 aliphatic carbocycles. The third kappa shape index (κ3) is 3.36. The van der Waals surface area contributed by atoms with Crippen LogP contribution in [0.3, 0.4) is 0 Å². The van der Waals surface area contributed by atoms with Gasteiger partial charge in [0.1, 0.15) is 18.1 Å². The van der Waals surface area contributed by atoms with Crippen LogP contribution in [0.5, 0.6) is 0 Å². The van der Waals surface area contributed by atoms with Crippen molar-refractivity contribution in [3.63, 3.8) is 0 Å². The molecule has 0 amide bonds. The van der Waals surface area contributed by atoms with Gasteiger partial charge in [-0.15, -0.1) is 0 Å². The highest BCUT2D eigenvalue weighted by Gasteiger charge is 2.19. The number of halogens is 2. The fourth-order valence-electron chi connectivity index (χ4n) is 2.02. The molecule has 0 N–H and O–H groups in total. The second-order valence-electron chi connectivity index (χ2n) is 4.55. The number of aromatic nitrogens is 2. The van der Waals surface area contributed by atoms with Crippen LogP contribution in [0, 0.1) is 5.82 Å². The van der Waals surface area contributed by atoms with Crippen molar-refractivity contribution in [3.8, 4) is 5.69 Å². The van der Waals surface area contributed by atoms with E-state index in [2.05, 4.69) is 0 Å². The first-order chi connectivity index (χ1) is 11.0. The lowest BCUT2D eigenvalue weighted by Crippen LogP contribution is -2.41. The summed E-state index contributed by atoms with van der Waals surface area (Å²) in [6, 6.07) is 4.56. The van der Waals surface area contributed by atoms with Crippen molar-refractivity contribution in [3.05, 3.63) is 62.7 Å². The highest BCUT2D eigenvalue weighted by Crippen LogP contribution is 2.06. The Morgan fingerprint density at radius 1 is 1.22 bits per heavy atom. The number of carbonyl (C=O) groups is 1. The largest absolute Gasteiger partial charge is 0.462 e. The second-order valence-corrected chi connectivity index (χ2v) is 4.55. The van der Waals surface area contributed by atoms with Crippen LogP contribution in [0.4, 0.5) is 8.78 Å². The molecule has 1 heterocycles. The number of hydrogen-bond acceptors (Lipinski definition) is 4. The number of benzene rings is 1. The predicted octanol–water partition coefficient (Wildman–Crippen LogP) is 1.28. The first kappa shape index (κ1) is 16.6. The Bertz CT molecular complexity index is 825. The van der Waals surface area contributed by atoms with Gasteiger partial charge in [-0.1, -0.05) is 0 Å². The van der Waals surface area contributed by atoms with Gasteiger partial charge in [-0.05, 0) is 31.2 Å². The van der Waals surface area contributed by atoms with E-state index < -0.39 is 35.3 Å². The molecule has 122 valence electrons. The molecule has 0 saturated carbocycles. The monoisotopic (exact) mass is 324 g/mol.